The van der Waals surface area contributed by atoms with Crippen LogP contribution in [-0.2, 0) is 4.79 Å². The van der Waals surface area contributed by atoms with Gasteiger partial charge in [0, 0.05) is 19.6 Å². The van der Waals surface area contributed by atoms with Crippen LogP contribution in [0.5, 0.6) is 0 Å². The molecule has 120 valence electrons. The van der Waals surface area contributed by atoms with Gasteiger partial charge in [0.05, 0.1) is 6.04 Å². The van der Waals surface area contributed by atoms with Crippen molar-refractivity contribution < 1.29 is 4.79 Å². The Bertz CT molecular complexity index is 325. The number of hydrogen-bond acceptors (Lipinski definition) is 3. The summed E-state index contributed by atoms with van der Waals surface area (Å²) in [7, 11) is 0. The van der Waals surface area contributed by atoms with Crippen molar-refractivity contribution >= 4 is 5.91 Å². The first-order valence-electron chi connectivity index (χ1n) is 9.07. The first-order chi connectivity index (χ1) is 10.3. The van der Waals surface area contributed by atoms with Crippen molar-refractivity contribution in [2.45, 2.75) is 57.4 Å². The van der Waals surface area contributed by atoms with E-state index in [1.165, 1.54) is 64.6 Å². The Hall–Kier alpha value is -0.610. The van der Waals surface area contributed by atoms with Crippen LogP contribution in [0.3, 0.4) is 0 Å². The molecule has 0 aromatic heterocycles. The van der Waals surface area contributed by atoms with Gasteiger partial charge in [-0.15, -0.1) is 0 Å². The minimum atomic E-state index is 0.0997. The van der Waals surface area contributed by atoms with Crippen molar-refractivity contribution in [2.24, 2.45) is 5.92 Å². The third-order valence-corrected chi connectivity index (χ3v) is 5.50. The molecule has 0 aromatic carbocycles. The molecular weight excluding hydrogens is 262 g/mol. The minimum Gasteiger partial charge on any atom is -0.341 e. The third kappa shape index (κ3) is 4.19. The van der Waals surface area contributed by atoms with Crippen molar-refractivity contribution in [3.05, 3.63) is 0 Å². The van der Waals surface area contributed by atoms with E-state index in [0.717, 1.165) is 32.0 Å². The summed E-state index contributed by atoms with van der Waals surface area (Å²) in [5.74, 6) is 1.19. The number of likely N-dealkylation sites (tertiary alicyclic amines) is 2. The van der Waals surface area contributed by atoms with Gasteiger partial charge in [0.25, 0.3) is 0 Å². The van der Waals surface area contributed by atoms with E-state index in [0.29, 0.717) is 5.91 Å². The molecule has 3 fully saturated rings. The Morgan fingerprint density at radius 1 is 0.905 bits per heavy atom. The highest BCUT2D eigenvalue weighted by atomic mass is 16.2. The molecule has 3 rings (SSSR count). The van der Waals surface area contributed by atoms with Gasteiger partial charge in [0.15, 0.2) is 0 Å². The van der Waals surface area contributed by atoms with E-state index in [2.05, 4.69) is 15.1 Å². The second-order valence-corrected chi connectivity index (χ2v) is 7.13. The lowest BCUT2D eigenvalue weighted by Gasteiger charge is -2.35. The van der Waals surface area contributed by atoms with Crippen molar-refractivity contribution in [3.8, 4) is 0 Å². The van der Waals surface area contributed by atoms with Crippen molar-refractivity contribution in [1.29, 1.82) is 0 Å². The van der Waals surface area contributed by atoms with Gasteiger partial charge in [-0.25, -0.2) is 0 Å². The molecule has 1 amide bonds. The zero-order chi connectivity index (χ0) is 14.5. The van der Waals surface area contributed by atoms with E-state index < -0.39 is 0 Å². The Morgan fingerprint density at radius 2 is 1.67 bits per heavy atom. The number of nitrogens with one attached hydrogen (secondary N) is 1. The van der Waals surface area contributed by atoms with E-state index >= 15 is 0 Å². The second-order valence-electron chi connectivity index (χ2n) is 7.13. The highest BCUT2D eigenvalue weighted by Gasteiger charge is 2.29. The monoisotopic (exact) mass is 293 g/mol. The number of nitrogens with zero attached hydrogens (tertiary/aromatic N) is 2. The summed E-state index contributed by atoms with van der Waals surface area (Å²) in [5, 5.41) is 3.45. The Kier molecular flexibility index (Phi) is 5.53. The van der Waals surface area contributed by atoms with Gasteiger partial charge in [-0.2, -0.15) is 0 Å². The average Bonchev–Trinajstić information content (AvgIpc) is 2.87. The van der Waals surface area contributed by atoms with Crippen LogP contribution in [-0.4, -0.2) is 61.0 Å². The van der Waals surface area contributed by atoms with Crippen LogP contribution >= 0.6 is 0 Å². The molecule has 3 aliphatic heterocycles. The van der Waals surface area contributed by atoms with Gasteiger partial charge in [0.1, 0.15) is 0 Å². The number of carbonyl (C=O) groups excluding carboxylic acids is 1. The predicted molar refractivity (Wildman–Crippen MR) is 85.2 cm³/mol. The molecule has 1 unspecified atom stereocenters. The molecule has 0 saturated carbocycles. The fourth-order valence-corrected chi connectivity index (χ4v) is 4.13. The first kappa shape index (κ1) is 15.3. The third-order valence-electron chi connectivity index (χ3n) is 5.50. The quantitative estimate of drug-likeness (QED) is 0.862. The normalized spacial score (nSPS) is 29.5. The fourth-order valence-electron chi connectivity index (χ4n) is 4.13. The van der Waals surface area contributed by atoms with Crippen LogP contribution in [0.2, 0.25) is 0 Å². The maximum atomic E-state index is 12.6. The van der Waals surface area contributed by atoms with Crippen LogP contribution in [0, 0.1) is 5.92 Å². The zero-order valence-corrected chi connectivity index (χ0v) is 13.4. The molecule has 4 heteroatoms. The number of carbonyl (C=O) groups is 1. The smallest absolute Gasteiger partial charge is 0.239 e. The van der Waals surface area contributed by atoms with E-state index in [9.17, 15) is 4.79 Å². The maximum Gasteiger partial charge on any atom is 0.239 e. The molecule has 3 saturated heterocycles. The summed E-state index contributed by atoms with van der Waals surface area (Å²) >= 11 is 0. The molecule has 3 heterocycles. The van der Waals surface area contributed by atoms with E-state index in [1.54, 1.807) is 0 Å². The van der Waals surface area contributed by atoms with Gasteiger partial charge >= 0.3 is 0 Å². The molecule has 3 aliphatic rings. The largest absolute Gasteiger partial charge is 0.341 e. The second kappa shape index (κ2) is 7.59. The van der Waals surface area contributed by atoms with Crippen molar-refractivity contribution in [2.75, 3.05) is 39.3 Å². The maximum absolute atomic E-state index is 12.6. The summed E-state index contributed by atoms with van der Waals surface area (Å²) in [6.07, 6.45) is 9.90. The van der Waals surface area contributed by atoms with E-state index in [-0.39, 0.29) is 6.04 Å². The number of hydrogen-bond donors (Lipinski definition) is 1. The Labute approximate surface area is 129 Å². The van der Waals surface area contributed by atoms with E-state index in [4.69, 9.17) is 0 Å². The van der Waals surface area contributed by atoms with Crippen LogP contribution < -0.4 is 5.32 Å². The van der Waals surface area contributed by atoms with Crippen molar-refractivity contribution in [3.63, 3.8) is 0 Å². The van der Waals surface area contributed by atoms with Gasteiger partial charge < -0.3 is 15.1 Å². The van der Waals surface area contributed by atoms with E-state index in [1.807, 2.05) is 0 Å². The molecule has 0 aromatic rings. The van der Waals surface area contributed by atoms with Crippen LogP contribution in [0.1, 0.15) is 51.4 Å². The average molecular weight is 293 g/mol. The lowest BCUT2D eigenvalue weighted by molar-refractivity contribution is -0.135. The highest BCUT2D eigenvalue weighted by Crippen LogP contribution is 2.22. The lowest BCUT2D eigenvalue weighted by atomic mass is 9.95. The summed E-state index contributed by atoms with van der Waals surface area (Å²) < 4.78 is 0. The first-order valence-corrected chi connectivity index (χ1v) is 9.07. The Balaban J connectivity index is 1.42. The molecule has 0 aliphatic carbocycles. The molecule has 0 bridgehead atoms. The van der Waals surface area contributed by atoms with Crippen LogP contribution in [0.4, 0.5) is 0 Å². The van der Waals surface area contributed by atoms with Gasteiger partial charge in [-0.3, -0.25) is 4.79 Å². The molecular formula is C17H31N3O. The minimum absolute atomic E-state index is 0.0997. The van der Waals surface area contributed by atoms with Crippen LogP contribution in [0.25, 0.3) is 0 Å². The SMILES string of the molecule is O=C(C1CCCCCN1)N1CCC(CN2CCCC2)CC1. The number of amides is 1. The topological polar surface area (TPSA) is 35.6 Å². The molecule has 1 N–H and O–H groups in total. The molecule has 21 heavy (non-hydrogen) atoms. The fraction of sp³-hybridized carbons (Fsp3) is 0.941. The predicted octanol–water partition coefficient (Wildman–Crippen LogP) is 1.85. The number of piperidine rings is 1. The summed E-state index contributed by atoms with van der Waals surface area (Å²) in [5.41, 5.74) is 0. The van der Waals surface area contributed by atoms with Gasteiger partial charge in [-0.05, 0) is 64.1 Å². The van der Waals surface area contributed by atoms with Gasteiger partial charge in [-0.1, -0.05) is 12.8 Å². The summed E-state index contributed by atoms with van der Waals surface area (Å²) in [6.45, 7) is 6.84. The standard InChI is InChI=1S/C17H31N3O/c21-17(16-6-2-1-3-9-18-16)20-12-7-15(8-13-20)14-19-10-4-5-11-19/h15-16,18H,1-14H2. The Morgan fingerprint density at radius 3 is 2.43 bits per heavy atom. The summed E-state index contributed by atoms with van der Waals surface area (Å²) in [4.78, 5) is 17.4. The zero-order valence-electron chi connectivity index (χ0n) is 13.4. The van der Waals surface area contributed by atoms with Crippen molar-refractivity contribution in [1.82, 2.24) is 15.1 Å². The number of rotatable bonds is 3. The molecule has 1 atom stereocenters. The highest BCUT2D eigenvalue weighted by molar-refractivity contribution is 5.82. The molecule has 4 nitrogen and oxygen atoms in total. The lowest BCUT2D eigenvalue weighted by Crippen LogP contribution is -2.49. The molecule has 0 spiro atoms. The molecule has 0 radical (unpaired) electrons. The summed E-state index contributed by atoms with van der Waals surface area (Å²) in [6, 6.07) is 0.0997. The van der Waals surface area contributed by atoms with Gasteiger partial charge in [0.2, 0.25) is 5.91 Å². The van der Waals surface area contributed by atoms with Crippen LogP contribution in [0.15, 0.2) is 0 Å².